The molecule has 0 radical (unpaired) electrons. The van der Waals surface area contributed by atoms with Crippen LogP contribution in [0.2, 0.25) is 10.0 Å². The first-order chi connectivity index (χ1) is 12.4. The Morgan fingerprint density at radius 2 is 2.00 bits per heavy atom. The number of anilines is 1. The Balaban J connectivity index is 1.52. The zero-order valence-electron chi connectivity index (χ0n) is 14.4. The number of thioether (sulfide) groups is 1. The van der Waals surface area contributed by atoms with Crippen molar-refractivity contribution in [2.24, 2.45) is 10.7 Å². The van der Waals surface area contributed by atoms with E-state index in [1.807, 2.05) is 18.3 Å². The fourth-order valence-electron chi connectivity index (χ4n) is 3.07. The van der Waals surface area contributed by atoms with Gasteiger partial charge < -0.3 is 10.6 Å². The molecular formula is C18H19Cl2N5S. The molecule has 0 aliphatic carbocycles. The number of hydrogen-bond donors (Lipinski definition) is 1. The van der Waals surface area contributed by atoms with E-state index in [0.717, 1.165) is 53.1 Å². The highest BCUT2D eigenvalue weighted by Gasteiger charge is 2.28. The number of nitrogens with zero attached hydrogens (tertiary/aromatic N) is 4. The Morgan fingerprint density at radius 1 is 1.23 bits per heavy atom. The predicted molar refractivity (Wildman–Crippen MR) is 109 cm³/mol. The van der Waals surface area contributed by atoms with Crippen LogP contribution in [0.5, 0.6) is 0 Å². The average molecular weight is 408 g/mol. The Hall–Kier alpha value is -1.34. The first-order valence-electron chi connectivity index (χ1n) is 8.49. The molecule has 136 valence electrons. The minimum atomic E-state index is -0.0796. The van der Waals surface area contributed by atoms with Gasteiger partial charge in [0.15, 0.2) is 0 Å². The lowest BCUT2D eigenvalue weighted by Gasteiger charge is -2.37. The highest BCUT2D eigenvalue weighted by Crippen LogP contribution is 2.36. The Labute approximate surface area is 167 Å². The molecule has 0 amide bonds. The molecule has 4 rings (SSSR count). The monoisotopic (exact) mass is 407 g/mol. The van der Waals surface area contributed by atoms with E-state index < -0.39 is 0 Å². The molecule has 8 heteroatoms. The molecule has 2 aliphatic heterocycles. The molecule has 2 aromatic rings. The minimum Gasteiger partial charge on any atom is -0.355 e. The molecule has 0 saturated carbocycles. The van der Waals surface area contributed by atoms with Crippen LogP contribution in [0.4, 0.5) is 5.82 Å². The summed E-state index contributed by atoms with van der Waals surface area (Å²) >= 11 is 13.9. The molecule has 0 bridgehead atoms. The highest BCUT2D eigenvalue weighted by atomic mass is 35.5. The molecule has 2 aliphatic rings. The van der Waals surface area contributed by atoms with Gasteiger partial charge in [0.2, 0.25) is 0 Å². The summed E-state index contributed by atoms with van der Waals surface area (Å²) in [7, 11) is 0. The van der Waals surface area contributed by atoms with E-state index in [-0.39, 0.29) is 5.54 Å². The molecule has 1 aromatic carbocycles. The maximum atomic E-state index is 6.29. The summed E-state index contributed by atoms with van der Waals surface area (Å²) in [6.07, 6.45) is 3.74. The van der Waals surface area contributed by atoms with Crippen LogP contribution in [-0.2, 0) is 6.54 Å². The molecule has 2 N–H and O–H groups in total. The van der Waals surface area contributed by atoms with Crippen molar-refractivity contribution in [1.29, 1.82) is 0 Å². The van der Waals surface area contributed by atoms with Gasteiger partial charge in [-0.05, 0) is 31.9 Å². The van der Waals surface area contributed by atoms with Crippen LogP contribution in [-0.4, -0.2) is 33.6 Å². The maximum Gasteiger partial charge on any atom is 0.147 e. The molecule has 1 aromatic heterocycles. The number of aromatic nitrogens is 2. The van der Waals surface area contributed by atoms with Gasteiger partial charge in [-0.15, -0.1) is 0 Å². The van der Waals surface area contributed by atoms with Gasteiger partial charge >= 0.3 is 0 Å². The molecule has 1 fully saturated rings. The second-order valence-electron chi connectivity index (χ2n) is 6.94. The summed E-state index contributed by atoms with van der Waals surface area (Å²) in [6.45, 7) is 4.46. The second kappa shape index (κ2) is 7.00. The quantitative estimate of drug-likeness (QED) is 0.809. The first-order valence-corrected chi connectivity index (χ1v) is 10.1. The number of benzene rings is 1. The van der Waals surface area contributed by atoms with E-state index in [1.165, 1.54) is 11.8 Å². The van der Waals surface area contributed by atoms with Gasteiger partial charge in [-0.3, -0.25) is 4.99 Å². The number of halogens is 2. The normalized spacial score (nSPS) is 18.6. The molecular weight excluding hydrogens is 389 g/mol. The van der Waals surface area contributed by atoms with Crippen LogP contribution < -0.4 is 10.6 Å². The van der Waals surface area contributed by atoms with Crippen molar-refractivity contribution in [2.45, 2.75) is 36.7 Å². The number of fused-ring (bicyclic) bond motifs is 1. The van der Waals surface area contributed by atoms with Crippen LogP contribution in [0.15, 0.2) is 34.3 Å². The van der Waals surface area contributed by atoms with Gasteiger partial charge in [-0.25, -0.2) is 9.97 Å². The van der Waals surface area contributed by atoms with Crippen molar-refractivity contribution in [3.05, 3.63) is 45.8 Å². The fourth-order valence-corrected chi connectivity index (χ4v) is 4.50. The van der Waals surface area contributed by atoms with E-state index >= 15 is 0 Å². The second-order valence-corrected chi connectivity index (χ2v) is 8.76. The molecule has 3 heterocycles. The van der Waals surface area contributed by atoms with Gasteiger partial charge in [-0.1, -0.05) is 41.0 Å². The number of nitrogens with two attached hydrogens (primary N) is 1. The van der Waals surface area contributed by atoms with Gasteiger partial charge in [0.25, 0.3) is 0 Å². The summed E-state index contributed by atoms with van der Waals surface area (Å²) in [5.41, 5.74) is 7.87. The average Bonchev–Trinajstić information content (AvgIpc) is 3.01. The van der Waals surface area contributed by atoms with Gasteiger partial charge in [0, 0.05) is 23.5 Å². The summed E-state index contributed by atoms with van der Waals surface area (Å²) in [5, 5.41) is 1.91. The van der Waals surface area contributed by atoms with Gasteiger partial charge in [0.05, 0.1) is 28.5 Å². The van der Waals surface area contributed by atoms with E-state index in [4.69, 9.17) is 33.9 Å². The van der Waals surface area contributed by atoms with Crippen LogP contribution in [0.25, 0.3) is 0 Å². The van der Waals surface area contributed by atoms with Gasteiger partial charge in [-0.2, -0.15) is 0 Å². The zero-order valence-corrected chi connectivity index (χ0v) is 16.7. The molecule has 0 spiro atoms. The summed E-state index contributed by atoms with van der Waals surface area (Å²) < 4.78 is 0. The molecule has 5 nitrogen and oxygen atoms in total. The Kier molecular flexibility index (Phi) is 4.86. The summed E-state index contributed by atoms with van der Waals surface area (Å²) in [6, 6.07) is 5.58. The summed E-state index contributed by atoms with van der Waals surface area (Å²) in [5.74, 6) is 0.904. The predicted octanol–water partition coefficient (Wildman–Crippen LogP) is 4.15. The Bertz CT molecular complexity index is 874. The number of hydrogen-bond acceptors (Lipinski definition) is 6. The topological polar surface area (TPSA) is 67.4 Å². The Morgan fingerprint density at radius 3 is 2.77 bits per heavy atom. The third kappa shape index (κ3) is 3.56. The fraction of sp³-hybridized carbons (Fsp3) is 0.389. The van der Waals surface area contributed by atoms with Crippen molar-refractivity contribution in [2.75, 3.05) is 18.0 Å². The minimum absolute atomic E-state index is 0.0796. The van der Waals surface area contributed by atoms with Crippen LogP contribution in [0.3, 0.4) is 0 Å². The van der Waals surface area contributed by atoms with Crippen molar-refractivity contribution in [3.63, 3.8) is 0 Å². The van der Waals surface area contributed by atoms with E-state index in [2.05, 4.69) is 21.8 Å². The lowest BCUT2D eigenvalue weighted by atomic mass is 9.91. The van der Waals surface area contributed by atoms with Crippen molar-refractivity contribution >= 4 is 45.8 Å². The third-order valence-electron chi connectivity index (χ3n) is 4.76. The first kappa shape index (κ1) is 18.0. The SMILES string of the molecule is CC1(N)CCN(c2cnc3c(n2)CN=C3Sc2cccc(Cl)c2Cl)CC1. The zero-order chi connectivity index (χ0) is 18.3. The summed E-state index contributed by atoms with van der Waals surface area (Å²) in [4.78, 5) is 17.1. The van der Waals surface area contributed by atoms with Crippen molar-refractivity contribution in [3.8, 4) is 0 Å². The number of rotatable bonds is 2. The van der Waals surface area contributed by atoms with Crippen molar-refractivity contribution in [1.82, 2.24) is 9.97 Å². The van der Waals surface area contributed by atoms with E-state index in [0.29, 0.717) is 16.6 Å². The lowest BCUT2D eigenvalue weighted by molar-refractivity contribution is 0.363. The largest absolute Gasteiger partial charge is 0.355 e. The lowest BCUT2D eigenvalue weighted by Crippen LogP contribution is -2.48. The van der Waals surface area contributed by atoms with Crippen molar-refractivity contribution < 1.29 is 0 Å². The molecule has 26 heavy (non-hydrogen) atoms. The maximum absolute atomic E-state index is 6.29. The van der Waals surface area contributed by atoms with Gasteiger partial charge in [0.1, 0.15) is 16.6 Å². The van der Waals surface area contributed by atoms with E-state index in [1.54, 1.807) is 6.07 Å². The molecule has 0 atom stereocenters. The smallest absolute Gasteiger partial charge is 0.147 e. The number of piperidine rings is 1. The molecule has 1 saturated heterocycles. The van der Waals surface area contributed by atoms with Crippen LogP contribution >= 0.6 is 35.0 Å². The molecule has 0 unspecified atom stereocenters. The van der Waals surface area contributed by atoms with Crippen LogP contribution in [0.1, 0.15) is 31.2 Å². The third-order valence-corrected chi connectivity index (χ3v) is 6.77. The highest BCUT2D eigenvalue weighted by molar-refractivity contribution is 8.14. The van der Waals surface area contributed by atoms with Crippen LogP contribution in [0, 0.1) is 0 Å². The number of aliphatic imine (C=N–C) groups is 1. The van der Waals surface area contributed by atoms with E-state index in [9.17, 15) is 0 Å². The standard InChI is InChI=1S/C18H19Cl2N5S/c1-18(21)5-7-25(8-6-18)14-10-22-16-12(24-14)9-23-17(16)26-13-4-2-3-11(19)15(13)20/h2-4,10H,5-9,21H2,1H3.